The highest BCUT2D eigenvalue weighted by Gasteiger charge is 2.38. The molecule has 0 aromatic rings. The lowest BCUT2D eigenvalue weighted by Gasteiger charge is -2.42. The van der Waals surface area contributed by atoms with Crippen molar-refractivity contribution in [3.05, 3.63) is 0 Å². The molecule has 0 bridgehead atoms. The number of alkyl carbamates (subject to hydrolysis) is 1. The molecule has 1 saturated heterocycles. The maximum absolute atomic E-state index is 11.9. The molecule has 2 unspecified atom stereocenters. The summed E-state index contributed by atoms with van der Waals surface area (Å²) in [7, 11) is 0. The first-order chi connectivity index (χ1) is 10.8. The Kier molecular flexibility index (Phi) is 5.89. The van der Waals surface area contributed by atoms with E-state index in [9.17, 15) is 14.7 Å². The molecule has 0 aromatic heterocycles. The normalized spacial score (nSPS) is 27.4. The SMILES string of the molecule is CC(C)(C)OC(=O)NC1CCN(C2CCCCC2)CC1C(=O)O. The van der Waals surface area contributed by atoms with Gasteiger partial charge in [-0.2, -0.15) is 0 Å². The average Bonchev–Trinajstić information content (AvgIpc) is 2.46. The number of ether oxygens (including phenoxy) is 1. The average molecular weight is 326 g/mol. The molecule has 1 amide bonds. The molecule has 0 spiro atoms. The van der Waals surface area contributed by atoms with Crippen LogP contribution in [0.1, 0.15) is 59.3 Å². The Balaban J connectivity index is 1.94. The van der Waals surface area contributed by atoms with Crippen molar-refractivity contribution in [2.75, 3.05) is 13.1 Å². The van der Waals surface area contributed by atoms with E-state index < -0.39 is 23.6 Å². The summed E-state index contributed by atoms with van der Waals surface area (Å²) in [4.78, 5) is 25.9. The predicted molar refractivity (Wildman–Crippen MR) is 87.3 cm³/mol. The molecule has 1 aliphatic heterocycles. The first kappa shape index (κ1) is 18.0. The number of nitrogens with one attached hydrogen (secondary N) is 1. The number of nitrogens with zero attached hydrogens (tertiary/aromatic N) is 1. The highest BCUT2D eigenvalue weighted by molar-refractivity contribution is 5.74. The van der Waals surface area contributed by atoms with E-state index in [-0.39, 0.29) is 6.04 Å². The van der Waals surface area contributed by atoms with Gasteiger partial charge in [0.25, 0.3) is 0 Å². The summed E-state index contributed by atoms with van der Waals surface area (Å²) in [6.45, 7) is 6.75. The fraction of sp³-hybridized carbons (Fsp3) is 0.882. The van der Waals surface area contributed by atoms with Gasteiger partial charge in [-0.25, -0.2) is 4.79 Å². The fourth-order valence-corrected chi connectivity index (χ4v) is 3.64. The number of carbonyl (C=O) groups is 2. The monoisotopic (exact) mass is 326 g/mol. The molecule has 1 saturated carbocycles. The third kappa shape index (κ3) is 5.37. The number of carboxylic acids is 1. The van der Waals surface area contributed by atoms with Crippen LogP contribution in [0, 0.1) is 5.92 Å². The fourth-order valence-electron chi connectivity index (χ4n) is 3.64. The maximum Gasteiger partial charge on any atom is 0.407 e. The van der Waals surface area contributed by atoms with E-state index in [1.807, 2.05) is 0 Å². The number of aliphatic carboxylic acids is 1. The van der Waals surface area contributed by atoms with Crippen LogP contribution in [0.15, 0.2) is 0 Å². The Morgan fingerprint density at radius 1 is 1.13 bits per heavy atom. The summed E-state index contributed by atoms with van der Waals surface area (Å²) >= 11 is 0. The summed E-state index contributed by atoms with van der Waals surface area (Å²) in [6.07, 6.45) is 6.21. The third-order valence-electron chi connectivity index (χ3n) is 4.75. The van der Waals surface area contributed by atoms with Gasteiger partial charge in [-0.15, -0.1) is 0 Å². The molecule has 0 aromatic carbocycles. The molecule has 2 N–H and O–H groups in total. The summed E-state index contributed by atoms with van der Waals surface area (Å²) in [5, 5.41) is 12.3. The number of piperidine rings is 1. The highest BCUT2D eigenvalue weighted by atomic mass is 16.6. The van der Waals surface area contributed by atoms with E-state index in [2.05, 4.69) is 10.2 Å². The summed E-state index contributed by atoms with van der Waals surface area (Å²) in [6, 6.07) is 0.148. The summed E-state index contributed by atoms with van der Waals surface area (Å²) in [5.41, 5.74) is -0.578. The minimum Gasteiger partial charge on any atom is -0.481 e. The van der Waals surface area contributed by atoms with Crippen molar-refractivity contribution >= 4 is 12.1 Å². The van der Waals surface area contributed by atoms with E-state index in [1.165, 1.54) is 19.3 Å². The topological polar surface area (TPSA) is 78.9 Å². The van der Waals surface area contributed by atoms with E-state index in [0.717, 1.165) is 19.4 Å². The molecule has 0 radical (unpaired) electrons. The van der Waals surface area contributed by atoms with Gasteiger partial charge in [0.05, 0.1) is 5.92 Å². The summed E-state index contributed by atoms with van der Waals surface area (Å²) < 4.78 is 5.26. The first-order valence-corrected chi connectivity index (χ1v) is 8.72. The smallest absolute Gasteiger partial charge is 0.407 e. The molecule has 2 fully saturated rings. The van der Waals surface area contributed by atoms with E-state index >= 15 is 0 Å². The standard InChI is InChI=1S/C17H30N2O4/c1-17(2,3)23-16(22)18-14-9-10-19(11-13(14)15(20)21)12-7-5-4-6-8-12/h12-14H,4-11H2,1-3H3,(H,18,22)(H,20,21). The predicted octanol–water partition coefficient (Wildman–Crippen LogP) is 2.62. The van der Waals surface area contributed by atoms with Gasteiger partial charge in [0, 0.05) is 25.2 Å². The zero-order chi connectivity index (χ0) is 17.0. The molecular formula is C17H30N2O4. The molecule has 23 heavy (non-hydrogen) atoms. The number of hydrogen-bond acceptors (Lipinski definition) is 4. The number of amides is 1. The van der Waals surface area contributed by atoms with Crippen molar-refractivity contribution in [3.63, 3.8) is 0 Å². The Bertz CT molecular complexity index is 427. The molecule has 1 heterocycles. The van der Waals surface area contributed by atoms with Gasteiger partial charge >= 0.3 is 12.1 Å². The highest BCUT2D eigenvalue weighted by Crippen LogP contribution is 2.27. The van der Waals surface area contributed by atoms with Gasteiger partial charge in [-0.1, -0.05) is 19.3 Å². The molecule has 6 nitrogen and oxygen atoms in total. The Hall–Kier alpha value is -1.30. The van der Waals surface area contributed by atoms with Crippen LogP contribution in [0.25, 0.3) is 0 Å². The van der Waals surface area contributed by atoms with Crippen molar-refractivity contribution in [1.29, 1.82) is 0 Å². The molecule has 2 atom stereocenters. The largest absolute Gasteiger partial charge is 0.481 e. The lowest BCUT2D eigenvalue weighted by atomic mass is 9.87. The molecule has 2 aliphatic rings. The molecule has 132 valence electrons. The lowest BCUT2D eigenvalue weighted by molar-refractivity contribution is -0.145. The lowest BCUT2D eigenvalue weighted by Crippen LogP contribution is -2.56. The summed E-state index contributed by atoms with van der Waals surface area (Å²) in [5.74, 6) is -1.41. The molecule has 2 rings (SSSR count). The van der Waals surface area contributed by atoms with Crippen LogP contribution in [0.5, 0.6) is 0 Å². The third-order valence-corrected chi connectivity index (χ3v) is 4.75. The van der Waals surface area contributed by atoms with Crippen LogP contribution >= 0.6 is 0 Å². The van der Waals surface area contributed by atoms with E-state index in [0.29, 0.717) is 19.0 Å². The number of carbonyl (C=O) groups excluding carboxylic acids is 1. The van der Waals surface area contributed by atoms with Gasteiger partial charge in [-0.05, 0) is 40.0 Å². The molecule has 6 heteroatoms. The second-order valence-electron chi connectivity index (χ2n) is 7.77. The Labute approximate surface area is 138 Å². The van der Waals surface area contributed by atoms with Crippen molar-refractivity contribution in [2.24, 2.45) is 5.92 Å². The van der Waals surface area contributed by atoms with E-state index in [1.54, 1.807) is 20.8 Å². The van der Waals surface area contributed by atoms with Crippen molar-refractivity contribution in [3.8, 4) is 0 Å². The number of carboxylic acid groups (broad SMARTS) is 1. The Morgan fingerprint density at radius 3 is 2.35 bits per heavy atom. The quantitative estimate of drug-likeness (QED) is 0.833. The number of rotatable bonds is 3. The van der Waals surface area contributed by atoms with Crippen molar-refractivity contribution < 1.29 is 19.4 Å². The van der Waals surface area contributed by atoms with Crippen molar-refractivity contribution in [2.45, 2.75) is 77.0 Å². The Morgan fingerprint density at radius 2 is 1.78 bits per heavy atom. The second kappa shape index (κ2) is 7.51. The van der Waals surface area contributed by atoms with Crippen LogP contribution in [0.2, 0.25) is 0 Å². The maximum atomic E-state index is 11.9. The van der Waals surface area contributed by atoms with Crippen LogP contribution in [0.3, 0.4) is 0 Å². The minimum atomic E-state index is -0.841. The number of hydrogen-bond donors (Lipinski definition) is 2. The van der Waals surface area contributed by atoms with Gasteiger partial charge in [-0.3, -0.25) is 9.69 Å². The van der Waals surface area contributed by atoms with E-state index in [4.69, 9.17) is 4.74 Å². The zero-order valence-corrected chi connectivity index (χ0v) is 14.5. The van der Waals surface area contributed by atoms with Gasteiger partial charge in [0.2, 0.25) is 0 Å². The first-order valence-electron chi connectivity index (χ1n) is 8.72. The van der Waals surface area contributed by atoms with Crippen LogP contribution in [-0.2, 0) is 9.53 Å². The van der Waals surface area contributed by atoms with Crippen LogP contribution in [-0.4, -0.2) is 52.8 Å². The minimum absolute atomic E-state index is 0.359. The van der Waals surface area contributed by atoms with Gasteiger partial charge in [0.1, 0.15) is 5.60 Å². The molecular weight excluding hydrogens is 296 g/mol. The van der Waals surface area contributed by atoms with Gasteiger partial charge in [0.15, 0.2) is 0 Å². The zero-order valence-electron chi connectivity index (χ0n) is 14.5. The molecule has 1 aliphatic carbocycles. The van der Waals surface area contributed by atoms with Gasteiger partial charge < -0.3 is 15.2 Å². The van der Waals surface area contributed by atoms with Crippen LogP contribution < -0.4 is 5.32 Å². The number of likely N-dealkylation sites (tertiary alicyclic amines) is 1. The van der Waals surface area contributed by atoms with Crippen LogP contribution in [0.4, 0.5) is 4.79 Å². The second-order valence-corrected chi connectivity index (χ2v) is 7.77. The van der Waals surface area contributed by atoms with Crippen molar-refractivity contribution in [1.82, 2.24) is 10.2 Å².